The zero-order valence-electron chi connectivity index (χ0n) is 14.5. The van der Waals surface area contributed by atoms with Crippen molar-refractivity contribution in [2.45, 2.75) is 44.4 Å². The minimum absolute atomic E-state index is 0.0742. The fourth-order valence-electron chi connectivity index (χ4n) is 2.97. The number of H-pyrrole nitrogens is 1. The van der Waals surface area contributed by atoms with Gasteiger partial charge in [-0.3, -0.25) is 9.78 Å². The molecule has 0 aliphatic carbocycles. The molecule has 142 valence electrons. The summed E-state index contributed by atoms with van der Waals surface area (Å²) < 4.78 is 7.35. The summed E-state index contributed by atoms with van der Waals surface area (Å²) in [6.07, 6.45) is 0.0729. The molecule has 1 aliphatic heterocycles. The van der Waals surface area contributed by atoms with Crippen LogP contribution in [0.5, 0.6) is 0 Å². The van der Waals surface area contributed by atoms with Gasteiger partial charge in [-0.1, -0.05) is 18.8 Å². The summed E-state index contributed by atoms with van der Waals surface area (Å²) in [6, 6.07) is -1.56. The highest BCUT2D eigenvalue weighted by molar-refractivity contribution is 5.82. The Labute approximate surface area is 149 Å². The van der Waals surface area contributed by atoms with Crippen molar-refractivity contribution in [3.8, 4) is 0 Å². The molecule has 0 radical (unpaired) electrons. The molecule has 0 saturated carbocycles. The number of anilines is 1. The average Bonchev–Trinajstić information content (AvgIpc) is 3.17. The van der Waals surface area contributed by atoms with Crippen molar-refractivity contribution in [1.29, 1.82) is 0 Å². The van der Waals surface area contributed by atoms with E-state index in [0.717, 1.165) is 0 Å². The summed E-state index contributed by atoms with van der Waals surface area (Å²) in [5.41, 5.74) is 12.7. The van der Waals surface area contributed by atoms with E-state index in [4.69, 9.17) is 16.2 Å². The third kappa shape index (κ3) is 3.09. The third-order valence-electron chi connectivity index (χ3n) is 4.60. The standard InChI is InChI=1S/C15H23N7O4/c1-6(2)8(16)14(25)21-9-11(24)7(3-23)26-15(9)22-5-20-10-12(17)18-4-19-13(10)22/h4-9,11,15,23-24H,3,16H2,1-2H3,(H3,17,18,19,21,25)/p+1/t7-,8?,9?,11?,15-/m1/s1. The van der Waals surface area contributed by atoms with E-state index in [2.05, 4.69) is 20.3 Å². The van der Waals surface area contributed by atoms with Gasteiger partial charge in [0.2, 0.25) is 17.7 Å². The number of nitrogen functional groups attached to an aromatic ring is 1. The number of nitrogens with one attached hydrogen (secondary N) is 2. The molecule has 1 fully saturated rings. The van der Waals surface area contributed by atoms with Crippen LogP contribution in [0.2, 0.25) is 0 Å². The second kappa shape index (κ2) is 7.11. The van der Waals surface area contributed by atoms with Gasteiger partial charge in [0.1, 0.15) is 18.2 Å². The van der Waals surface area contributed by atoms with Crippen LogP contribution in [0, 0.1) is 5.92 Å². The van der Waals surface area contributed by atoms with Crippen molar-refractivity contribution < 1.29 is 24.3 Å². The van der Waals surface area contributed by atoms with Crippen LogP contribution in [-0.4, -0.2) is 62.0 Å². The van der Waals surface area contributed by atoms with Gasteiger partial charge in [-0.05, 0) is 5.92 Å². The molecule has 2 aromatic rings. The predicted octanol–water partition coefficient (Wildman–Crippen LogP) is -2.45. The Balaban J connectivity index is 1.94. The van der Waals surface area contributed by atoms with Crippen LogP contribution in [0.1, 0.15) is 20.1 Å². The van der Waals surface area contributed by atoms with E-state index in [1.165, 1.54) is 6.33 Å². The number of aromatic amines is 1. The summed E-state index contributed by atoms with van der Waals surface area (Å²) in [7, 11) is 0. The molecule has 8 N–H and O–H groups in total. The molecule has 11 nitrogen and oxygen atoms in total. The number of aliphatic hydroxyl groups is 2. The lowest BCUT2D eigenvalue weighted by atomic mass is 10.0. The van der Waals surface area contributed by atoms with Gasteiger partial charge >= 0.3 is 5.65 Å². The SMILES string of the molecule is CC(C)C(N)C(=O)NC1C(O)[C@@H](CO)O[C@H]1[n+]1c[nH]c2c(N)ncnc21. The number of rotatable bonds is 5. The summed E-state index contributed by atoms with van der Waals surface area (Å²) in [5, 5.41) is 22.7. The highest BCUT2D eigenvalue weighted by atomic mass is 16.5. The van der Waals surface area contributed by atoms with E-state index in [9.17, 15) is 15.0 Å². The molecule has 26 heavy (non-hydrogen) atoms. The van der Waals surface area contributed by atoms with E-state index >= 15 is 0 Å². The first-order chi connectivity index (χ1) is 12.3. The summed E-state index contributed by atoms with van der Waals surface area (Å²) in [4.78, 5) is 23.4. The van der Waals surface area contributed by atoms with Crippen molar-refractivity contribution in [3.05, 3.63) is 12.7 Å². The Morgan fingerprint density at radius 1 is 1.50 bits per heavy atom. The number of aliphatic hydroxyl groups excluding tert-OH is 2. The molecule has 3 heterocycles. The first-order valence-corrected chi connectivity index (χ1v) is 8.34. The normalized spacial score (nSPS) is 27.2. The largest absolute Gasteiger partial charge is 0.394 e. The van der Waals surface area contributed by atoms with Crippen molar-refractivity contribution in [2.75, 3.05) is 12.3 Å². The highest BCUT2D eigenvalue weighted by Gasteiger charge is 2.48. The zero-order valence-corrected chi connectivity index (χ0v) is 14.5. The van der Waals surface area contributed by atoms with Crippen LogP contribution in [0.15, 0.2) is 12.7 Å². The molecule has 5 atom stereocenters. The summed E-state index contributed by atoms with van der Waals surface area (Å²) in [6.45, 7) is 3.25. The monoisotopic (exact) mass is 366 g/mol. The maximum atomic E-state index is 12.4. The van der Waals surface area contributed by atoms with Gasteiger partial charge in [-0.2, -0.15) is 4.98 Å². The Morgan fingerprint density at radius 2 is 2.23 bits per heavy atom. The Bertz CT molecular complexity index is 795. The quantitative estimate of drug-likeness (QED) is 0.316. The van der Waals surface area contributed by atoms with Crippen LogP contribution in [-0.2, 0) is 9.53 Å². The average molecular weight is 366 g/mol. The van der Waals surface area contributed by atoms with Gasteiger partial charge in [0.05, 0.1) is 12.6 Å². The lowest BCUT2D eigenvalue weighted by Crippen LogP contribution is -2.57. The molecular formula is C15H24N7O4+. The first-order valence-electron chi connectivity index (χ1n) is 8.34. The van der Waals surface area contributed by atoms with Crippen LogP contribution >= 0.6 is 0 Å². The smallest absolute Gasteiger partial charge is 0.309 e. The molecule has 0 spiro atoms. The number of nitrogens with two attached hydrogens (primary N) is 2. The van der Waals surface area contributed by atoms with E-state index in [0.29, 0.717) is 11.2 Å². The lowest BCUT2D eigenvalue weighted by Gasteiger charge is -2.23. The number of ether oxygens (including phenoxy) is 1. The second-order valence-corrected chi connectivity index (χ2v) is 6.68. The number of imidazole rings is 1. The molecule has 1 saturated heterocycles. The summed E-state index contributed by atoms with van der Waals surface area (Å²) in [5.74, 6) is -0.228. The van der Waals surface area contributed by atoms with E-state index in [-0.39, 0.29) is 11.7 Å². The molecule has 0 aromatic carbocycles. The fourth-order valence-corrected chi connectivity index (χ4v) is 2.97. The topological polar surface area (TPSA) is 176 Å². The van der Waals surface area contributed by atoms with Crippen molar-refractivity contribution in [3.63, 3.8) is 0 Å². The Morgan fingerprint density at radius 3 is 2.88 bits per heavy atom. The molecule has 3 rings (SSSR count). The number of aromatic nitrogens is 4. The molecule has 0 bridgehead atoms. The minimum Gasteiger partial charge on any atom is -0.394 e. The van der Waals surface area contributed by atoms with Crippen molar-refractivity contribution in [1.82, 2.24) is 20.3 Å². The van der Waals surface area contributed by atoms with Gasteiger partial charge < -0.3 is 31.7 Å². The van der Waals surface area contributed by atoms with E-state index in [1.807, 2.05) is 13.8 Å². The Kier molecular flexibility index (Phi) is 5.05. The number of amides is 1. The molecule has 1 amide bonds. The molecule has 1 aliphatic rings. The molecular weight excluding hydrogens is 342 g/mol. The predicted molar refractivity (Wildman–Crippen MR) is 90.2 cm³/mol. The highest BCUT2D eigenvalue weighted by Crippen LogP contribution is 2.27. The maximum absolute atomic E-state index is 12.4. The van der Waals surface area contributed by atoms with E-state index in [1.54, 1.807) is 10.9 Å². The maximum Gasteiger partial charge on any atom is 0.309 e. The van der Waals surface area contributed by atoms with Gasteiger partial charge in [0.25, 0.3) is 0 Å². The number of carbonyl (C=O) groups excluding carboxylic acids is 1. The van der Waals surface area contributed by atoms with Crippen molar-refractivity contribution in [2.24, 2.45) is 11.7 Å². The van der Waals surface area contributed by atoms with Gasteiger partial charge in [0, 0.05) is 0 Å². The number of carbonyl (C=O) groups is 1. The zero-order chi connectivity index (χ0) is 19.0. The number of fused-ring (bicyclic) bond motifs is 1. The number of hydrogen-bond donors (Lipinski definition) is 6. The van der Waals surface area contributed by atoms with Gasteiger partial charge in [0.15, 0.2) is 18.5 Å². The fraction of sp³-hybridized carbons (Fsp3) is 0.600. The molecule has 11 heteroatoms. The third-order valence-corrected chi connectivity index (χ3v) is 4.60. The summed E-state index contributed by atoms with van der Waals surface area (Å²) >= 11 is 0. The molecule has 2 aromatic heterocycles. The van der Waals surface area contributed by atoms with Crippen LogP contribution in [0.25, 0.3) is 11.2 Å². The lowest BCUT2D eigenvalue weighted by molar-refractivity contribution is -0.740. The molecule has 3 unspecified atom stereocenters. The number of hydrogen-bond acceptors (Lipinski definition) is 8. The second-order valence-electron chi connectivity index (χ2n) is 6.68. The van der Waals surface area contributed by atoms with Crippen LogP contribution in [0.4, 0.5) is 5.82 Å². The number of nitrogens with zero attached hydrogens (tertiary/aromatic N) is 3. The van der Waals surface area contributed by atoms with Crippen LogP contribution in [0.3, 0.4) is 0 Å². The Hall–Kier alpha value is -2.34. The van der Waals surface area contributed by atoms with Gasteiger partial charge in [-0.25, -0.2) is 4.57 Å². The van der Waals surface area contributed by atoms with Crippen molar-refractivity contribution >= 4 is 22.9 Å². The van der Waals surface area contributed by atoms with Crippen LogP contribution < -0.4 is 21.4 Å². The van der Waals surface area contributed by atoms with E-state index < -0.39 is 43.0 Å². The first kappa shape index (κ1) is 18.5. The minimum atomic E-state index is -1.12. The van der Waals surface area contributed by atoms with Gasteiger partial charge in [-0.15, -0.1) is 0 Å².